The molecule has 0 aliphatic rings. The minimum atomic E-state index is 0.0386. The fourth-order valence-electron chi connectivity index (χ4n) is 3.75. The third kappa shape index (κ3) is 4.52. The first-order chi connectivity index (χ1) is 16.1. The van der Waals surface area contributed by atoms with Crippen molar-refractivity contribution in [1.29, 1.82) is 0 Å². The van der Waals surface area contributed by atoms with Crippen molar-refractivity contribution in [2.75, 3.05) is 5.32 Å². The summed E-state index contributed by atoms with van der Waals surface area (Å²) in [6, 6.07) is 15.0. The second kappa shape index (κ2) is 8.92. The first-order valence-corrected chi connectivity index (χ1v) is 11.0. The van der Waals surface area contributed by atoms with Gasteiger partial charge in [-0.2, -0.15) is 0 Å². The van der Waals surface area contributed by atoms with Gasteiger partial charge >= 0.3 is 0 Å². The predicted molar refractivity (Wildman–Crippen MR) is 131 cm³/mol. The lowest BCUT2D eigenvalue weighted by Crippen LogP contribution is -2.03. The molecule has 3 heterocycles. The normalized spacial score (nSPS) is 11.1. The van der Waals surface area contributed by atoms with E-state index in [1.165, 1.54) is 0 Å². The summed E-state index contributed by atoms with van der Waals surface area (Å²) in [5.74, 6) is 0.721. The minimum absolute atomic E-state index is 0.0386. The fourth-order valence-corrected chi connectivity index (χ4v) is 3.94. The number of halogens is 1. The topological polar surface area (TPSA) is 80.7 Å². The van der Waals surface area contributed by atoms with E-state index in [1.54, 1.807) is 18.6 Å². The molecule has 0 aliphatic heterocycles. The largest absolute Gasteiger partial charge is 0.340 e. The van der Waals surface area contributed by atoms with Gasteiger partial charge in [-0.05, 0) is 43.7 Å². The number of carbonyl (C=O) groups excluding carboxylic acids is 1. The highest BCUT2D eigenvalue weighted by Crippen LogP contribution is 2.31. The van der Waals surface area contributed by atoms with Crippen LogP contribution in [0.5, 0.6) is 0 Å². The lowest BCUT2D eigenvalue weighted by atomic mass is 10.0. The van der Waals surface area contributed by atoms with E-state index in [1.807, 2.05) is 61.7 Å². The summed E-state index contributed by atoms with van der Waals surface area (Å²) in [4.78, 5) is 30.6. The number of carbonyl (C=O) groups is 1. The Morgan fingerprint density at radius 3 is 2.70 bits per heavy atom. The van der Waals surface area contributed by atoms with Crippen molar-refractivity contribution >= 4 is 50.6 Å². The zero-order valence-corrected chi connectivity index (χ0v) is 18.7. The van der Waals surface area contributed by atoms with Crippen molar-refractivity contribution in [2.45, 2.75) is 19.8 Å². The van der Waals surface area contributed by atoms with Crippen LogP contribution in [0.1, 0.15) is 28.2 Å². The molecule has 0 unspecified atom stereocenters. The number of fused-ring (bicyclic) bond motifs is 3. The van der Waals surface area contributed by atoms with E-state index >= 15 is 0 Å². The molecule has 3 aromatic heterocycles. The number of aryl methyl sites for hydroxylation is 2. The maximum absolute atomic E-state index is 12.9. The summed E-state index contributed by atoms with van der Waals surface area (Å²) < 4.78 is 0. The Labute approximate surface area is 195 Å². The molecule has 0 bridgehead atoms. The summed E-state index contributed by atoms with van der Waals surface area (Å²) in [5, 5.41) is 6.83. The quantitative estimate of drug-likeness (QED) is 0.247. The van der Waals surface area contributed by atoms with E-state index in [2.05, 4.69) is 20.3 Å². The Balaban J connectivity index is 1.49. The van der Waals surface area contributed by atoms with Crippen LogP contribution < -0.4 is 5.32 Å². The number of hydrogen-bond acceptors (Lipinski definition) is 6. The molecule has 0 aliphatic carbocycles. The second-order valence-electron chi connectivity index (χ2n) is 7.82. The number of benzene rings is 2. The first-order valence-electron chi connectivity index (χ1n) is 10.6. The lowest BCUT2D eigenvalue weighted by molar-refractivity contribution is 0.0982. The molecule has 33 heavy (non-hydrogen) atoms. The molecule has 2 aromatic carbocycles. The third-order valence-electron chi connectivity index (χ3n) is 5.45. The standard InChI is InChI=1S/C26H20ClN5O/c1-16-13-30-20(14-29-16)6-8-25(33)17-5-7-21-23-15-28-10-9-22(23)26(32-24(21)11-17)31-19-4-2-3-18(27)12-19/h2-5,7,9-15H,6,8H2,1H3,(H,31,32). The zero-order valence-electron chi connectivity index (χ0n) is 17.9. The van der Waals surface area contributed by atoms with Crippen molar-refractivity contribution in [3.8, 4) is 0 Å². The van der Waals surface area contributed by atoms with Crippen molar-refractivity contribution < 1.29 is 4.79 Å². The average molecular weight is 454 g/mol. The Bertz CT molecular complexity index is 1480. The summed E-state index contributed by atoms with van der Waals surface area (Å²) in [6.07, 6.45) is 7.89. The number of hydrogen-bond donors (Lipinski definition) is 1. The highest BCUT2D eigenvalue weighted by molar-refractivity contribution is 6.30. The van der Waals surface area contributed by atoms with Gasteiger partial charge in [0.15, 0.2) is 5.78 Å². The number of anilines is 2. The second-order valence-corrected chi connectivity index (χ2v) is 8.26. The van der Waals surface area contributed by atoms with Crippen LogP contribution in [0.3, 0.4) is 0 Å². The number of ketones is 1. The molecule has 7 heteroatoms. The number of nitrogens with one attached hydrogen (secondary N) is 1. The summed E-state index contributed by atoms with van der Waals surface area (Å²) >= 11 is 6.15. The molecule has 6 nitrogen and oxygen atoms in total. The van der Waals surface area contributed by atoms with Crippen LogP contribution in [0, 0.1) is 6.92 Å². The molecule has 0 amide bonds. The molecular weight excluding hydrogens is 434 g/mol. The van der Waals surface area contributed by atoms with Gasteiger partial charge in [0.2, 0.25) is 0 Å². The van der Waals surface area contributed by atoms with Crippen LogP contribution in [-0.2, 0) is 6.42 Å². The Hall–Kier alpha value is -3.90. The molecule has 0 radical (unpaired) electrons. The van der Waals surface area contributed by atoms with Gasteiger partial charge in [0.25, 0.3) is 0 Å². The summed E-state index contributed by atoms with van der Waals surface area (Å²) in [6.45, 7) is 1.89. The number of pyridine rings is 2. The smallest absolute Gasteiger partial charge is 0.163 e. The third-order valence-corrected chi connectivity index (χ3v) is 5.68. The Morgan fingerprint density at radius 1 is 0.970 bits per heavy atom. The monoisotopic (exact) mass is 453 g/mol. The number of aromatic nitrogens is 4. The number of nitrogens with zero attached hydrogens (tertiary/aromatic N) is 4. The van der Waals surface area contributed by atoms with Crippen LogP contribution in [0.25, 0.3) is 21.7 Å². The van der Waals surface area contributed by atoms with Gasteiger partial charge in [-0.25, -0.2) is 4.98 Å². The van der Waals surface area contributed by atoms with Crippen molar-refractivity contribution in [3.05, 3.63) is 95.3 Å². The minimum Gasteiger partial charge on any atom is -0.340 e. The van der Waals surface area contributed by atoms with Gasteiger partial charge in [-0.3, -0.25) is 19.7 Å². The summed E-state index contributed by atoms with van der Waals surface area (Å²) in [7, 11) is 0. The molecule has 0 saturated heterocycles. The highest BCUT2D eigenvalue weighted by atomic mass is 35.5. The molecule has 1 N–H and O–H groups in total. The van der Waals surface area contributed by atoms with E-state index in [0.717, 1.165) is 38.8 Å². The fraction of sp³-hybridized carbons (Fsp3) is 0.115. The molecule has 0 spiro atoms. The van der Waals surface area contributed by atoms with Gasteiger partial charge in [-0.1, -0.05) is 29.8 Å². The zero-order chi connectivity index (χ0) is 22.8. The highest BCUT2D eigenvalue weighted by Gasteiger charge is 2.13. The van der Waals surface area contributed by atoms with E-state index in [-0.39, 0.29) is 5.78 Å². The van der Waals surface area contributed by atoms with Gasteiger partial charge in [0.05, 0.1) is 16.9 Å². The molecule has 0 saturated carbocycles. The SMILES string of the molecule is Cc1cnc(CCC(=O)c2ccc3c(c2)nc(Nc2cccc(Cl)c2)c2ccncc23)cn1. The van der Waals surface area contributed by atoms with Crippen LogP contribution in [0.4, 0.5) is 11.5 Å². The number of Topliss-reactive ketones (excluding diaryl/α,β-unsaturated/α-hetero) is 1. The predicted octanol–water partition coefficient (Wildman–Crippen LogP) is 6.09. The molecule has 5 rings (SSSR count). The molecule has 162 valence electrons. The lowest BCUT2D eigenvalue weighted by Gasteiger charge is -2.12. The molecular formula is C26H20ClN5O. The molecule has 0 atom stereocenters. The molecule has 0 fully saturated rings. The average Bonchev–Trinajstić information content (AvgIpc) is 2.83. The van der Waals surface area contributed by atoms with E-state index in [0.29, 0.717) is 29.2 Å². The molecule has 5 aromatic rings. The number of rotatable bonds is 6. The van der Waals surface area contributed by atoms with Gasteiger partial charge < -0.3 is 5.32 Å². The van der Waals surface area contributed by atoms with Crippen LogP contribution >= 0.6 is 11.6 Å². The first kappa shape index (κ1) is 21.0. The van der Waals surface area contributed by atoms with Crippen molar-refractivity contribution in [2.24, 2.45) is 0 Å². The Kier molecular flexibility index (Phi) is 5.67. The van der Waals surface area contributed by atoms with Crippen molar-refractivity contribution in [3.63, 3.8) is 0 Å². The van der Waals surface area contributed by atoms with Gasteiger partial charge in [0, 0.05) is 63.6 Å². The van der Waals surface area contributed by atoms with Gasteiger partial charge in [0.1, 0.15) is 5.82 Å². The maximum atomic E-state index is 12.9. The summed E-state index contributed by atoms with van der Waals surface area (Å²) in [5.41, 5.74) is 3.83. The van der Waals surface area contributed by atoms with Gasteiger partial charge in [-0.15, -0.1) is 0 Å². The maximum Gasteiger partial charge on any atom is 0.163 e. The Morgan fingerprint density at radius 2 is 1.88 bits per heavy atom. The van der Waals surface area contributed by atoms with Crippen LogP contribution in [-0.4, -0.2) is 25.7 Å². The van der Waals surface area contributed by atoms with E-state index in [4.69, 9.17) is 16.6 Å². The van der Waals surface area contributed by atoms with Crippen LogP contribution in [0.15, 0.2) is 73.3 Å². The van der Waals surface area contributed by atoms with E-state index < -0.39 is 0 Å². The van der Waals surface area contributed by atoms with Crippen LogP contribution in [0.2, 0.25) is 5.02 Å². The van der Waals surface area contributed by atoms with Crippen molar-refractivity contribution in [1.82, 2.24) is 19.9 Å². The van der Waals surface area contributed by atoms with E-state index in [9.17, 15) is 4.79 Å².